The largest absolute Gasteiger partial charge is 0.371 e. The molecule has 2 nitrogen and oxygen atoms in total. The molecule has 0 radical (unpaired) electrons. The molecule has 0 saturated carbocycles. The average Bonchev–Trinajstić information content (AvgIpc) is 2.03. The summed E-state index contributed by atoms with van der Waals surface area (Å²) in [5, 5.41) is 0. The number of ketones is 1. The van der Waals surface area contributed by atoms with E-state index in [0.717, 1.165) is 19.3 Å². The Balaban J connectivity index is 3.92. The molecule has 0 heterocycles. The van der Waals surface area contributed by atoms with Crippen molar-refractivity contribution in [3.8, 4) is 0 Å². The molecule has 13 heavy (non-hydrogen) atoms. The van der Waals surface area contributed by atoms with Gasteiger partial charge in [-0.25, -0.2) is 0 Å². The number of hydrogen-bond acceptors (Lipinski definition) is 2. The molecule has 0 aromatic rings. The summed E-state index contributed by atoms with van der Waals surface area (Å²) in [6, 6.07) is 0. The van der Waals surface area contributed by atoms with Gasteiger partial charge in [-0.2, -0.15) is 0 Å². The highest BCUT2D eigenvalue weighted by Gasteiger charge is 2.28. The summed E-state index contributed by atoms with van der Waals surface area (Å²) in [5.74, 6) is 0.826. The molecule has 1 unspecified atom stereocenters. The second-order valence-corrected chi connectivity index (χ2v) is 4.28. The van der Waals surface area contributed by atoms with E-state index in [0.29, 0.717) is 5.92 Å². The normalized spacial score (nSPS) is 15.8. The molecule has 0 spiro atoms. The van der Waals surface area contributed by atoms with Gasteiger partial charge in [0.25, 0.3) is 0 Å². The van der Waals surface area contributed by atoms with Gasteiger partial charge >= 0.3 is 0 Å². The minimum Gasteiger partial charge on any atom is -0.371 e. The summed E-state index contributed by atoms with van der Waals surface area (Å²) in [6.07, 6.45) is 3.05. The van der Waals surface area contributed by atoms with Gasteiger partial charge < -0.3 is 4.74 Å². The first-order chi connectivity index (χ1) is 5.92. The van der Waals surface area contributed by atoms with E-state index in [1.807, 2.05) is 6.92 Å². The first-order valence-electron chi connectivity index (χ1n) is 4.98. The summed E-state index contributed by atoms with van der Waals surface area (Å²) < 4.78 is 5.23. The zero-order chi connectivity index (χ0) is 10.5. The fourth-order valence-electron chi connectivity index (χ4n) is 1.27. The molecule has 0 saturated heterocycles. The molecule has 0 fully saturated rings. The maximum absolute atomic E-state index is 11.2. The Morgan fingerprint density at radius 3 is 2.31 bits per heavy atom. The molecule has 0 amide bonds. The zero-order valence-corrected chi connectivity index (χ0v) is 9.52. The Hall–Kier alpha value is -0.370. The predicted molar refractivity (Wildman–Crippen MR) is 54.8 cm³/mol. The van der Waals surface area contributed by atoms with Crippen LogP contribution in [0.15, 0.2) is 0 Å². The first-order valence-corrected chi connectivity index (χ1v) is 4.98. The van der Waals surface area contributed by atoms with Crippen LogP contribution in [-0.2, 0) is 9.53 Å². The van der Waals surface area contributed by atoms with E-state index in [1.54, 1.807) is 14.0 Å². The van der Waals surface area contributed by atoms with Gasteiger partial charge in [0.1, 0.15) is 5.60 Å². The first kappa shape index (κ1) is 12.6. The van der Waals surface area contributed by atoms with Crippen molar-refractivity contribution in [2.24, 2.45) is 5.92 Å². The monoisotopic (exact) mass is 186 g/mol. The van der Waals surface area contributed by atoms with Crippen molar-refractivity contribution in [2.75, 3.05) is 7.11 Å². The fraction of sp³-hybridized carbons (Fsp3) is 0.909. The Morgan fingerprint density at radius 1 is 1.46 bits per heavy atom. The number of carbonyl (C=O) groups is 1. The van der Waals surface area contributed by atoms with Crippen LogP contribution in [0, 0.1) is 5.92 Å². The van der Waals surface area contributed by atoms with Crippen LogP contribution < -0.4 is 0 Å². The van der Waals surface area contributed by atoms with Crippen LogP contribution in [0.4, 0.5) is 0 Å². The summed E-state index contributed by atoms with van der Waals surface area (Å²) in [5.41, 5.74) is -0.561. The molecule has 1 atom stereocenters. The molecule has 0 aromatic carbocycles. The third-order valence-electron chi connectivity index (χ3n) is 2.63. The van der Waals surface area contributed by atoms with E-state index < -0.39 is 5.60 Å². The SMILES string of the molecule is COC(C)(CCCC(C)C)C(C)=O. The second kappa shape index (κ2) is 5.38. The second-order valence-electron chi connectivity index (χ2n) is 4.28. The Kier molecular flexibility index (Phi) is 5.23. The van der Waals surface area contributed by atoms with Crippen molar-refractivity contribution >= 4 is 5.78 Å². The minimum atomic E-state index is -0.561. The zero-order valence-electron chi connectivity index (χ0n) is 9.52. The Bertz CT molecular complexity index is 163. The van der Waals surface area contributed by atoms with Crippen molar-refractivity contribution in [3.63, 3.8) is 0 Å². The van der Waals surface area contributed by atoms with Crippen molar-refractivity contribution in [3.05, 3.63) is 0 Å². The third kappa shape index (κ3) is 4.41. The van der Waals surface area contributed by atoms with E-state index in [-0.39, 0.29) is 5.78 Å². The van der Waals surface area contributed by atoms with E-state index in [4.69, 9.17) is 4.74 Å². The molecule has 0 aliphatic carbocycles. The van der Waals surface area contributed by atoms with Crippen LogP contribution >= 0.6 is 0 Å². The van der Waals surface area contributed by atoms with E-state index in [9.17, 15) is 4.79 Å². The molecule has 0 N–H and O–H groups in total. The van der Waals surface area contributed by atoms with Crippen LogP contribution in [0.2, 0.25) is 0 Å². The predicted octanol–water partition coefficient (Wildman–Crippen LogP) is 2.81. The van der Waals surface area contributed by atoms with Crippen molar-refractivity contribution in [2.45, 2.75) is 52.6 Å². The Labute approximate surface area is 81.7 Å². The van der Waals surface area contributed by atoms with Crippen LogP contribution in [0.25, 0.3) is 0 Å². The van der Waals surface area contributed by atoms with Gasteiger partial charge in [-0.1, -0.05) is 20.3 Å². The molecule has 0 aromatic heterocycles. The maximum atomic E-state index is 11.2. The highest BCUT2D eigenvalue weighted by Crippen LogP contribution is 2.20. The summed E-state index contributed by atoms with van der Waals surface area (Å²) >= 11 is 0. The van der Waals surface area contributed by atoms with Crippen molar-refractivity contribution in [1.29, 1.82) is 0 Å². The minimum absolute atomic E-state index is 0.124. The molecular formula is C11H22O2. The lowest BCUT2D eigenvalue weighted by Gasteiger charge is -2.25. The van der Waals surface area contributed by atoms with Gasteiger partial charge in [-0.3, -0.25) is 4.79 Å². The summed E-state index contributed by atoms with van der Waals surface area (Å²) in [6.45, 7) is 7.85. The number of Topliss-reactive ketones (excluding diaryl/α,β-unsaturated/α-hetero) is 1. The van der Waals surface area contributed by atoms with Gasteiger partial charge in [0.2, 0.25) is 0 Å². The van der Waals surface area contributed by atoms with E-state index >= 15 is 0 Å². The Morgan fingerprint density at radius 2 is 2.00 bits per heavy atom. The highest BCUT2D eigenvalue weighted by atomic mass is 16.5. The number of carbonyl (C=O) groups excluding carboxylic acids is 1. The highest BCUT2D eigenvalue weighted by molar-refractivity contribution is 5.84. The molecule has 0 aliphatic rings. The van der Waals surface area contributed by atoms with Crippen molar-refractivity contribution in [1.82, 2.24) is 0 Å². The van der Waals surface area contributed by atoms with Crippen LogP contribution in [0.3, 0.4) is 0 Å². The van der Waals surface area contributed by atoms with E-state index in [1.165, 1.54) is 0 Å². The van der Waals surface area contributed by atoms with Gasteiger partial charge in [-0.15, -0.1) is 0 Å². The average molecular weight is 186 g/mol. The lowest BCUT2D eigenvalue weighted by Crippen LogP contribution is -2.35. The lowest BCUT2D eigenvalue weighted by atomic mass is 9.92. The number of methoxy groups -OCH3 is 1. The smallest absolute Gasteiger partial charge is 0.161 e. The number of rotatable bonds is 6. The van der Waals surface area contributed by atoms with Crippen LogP contribution in [-0.4, -0.2) is 18.5 Å². The standard InChI is InChI=1S/C11H22O2/c1-9(2)7-6-8-11(4,13-5)10(3)12/h9H,6-8H2,1-5H3. The molecule has 0 bridgehead atoms. The van der Waals surface area contributed by atoms with Crippen molar-refractivity contribution < 1.29 is 9.53 Å². The van der Waals surface area contributed by atoms with Gasteiger partial charge in [0.05, 0.1) is 0 Å². The lowest BCUT2D eigenvalue weighted by molar-refractivity contribution is -0.137. The van der Waals surface area contributed by atoms with Crippen LogP contribution in [0.1, 0.15) is 47.0 Å². The molecule has 2 heteroatoms. The summed E-state index contributed by atoms with van der Waals surface area (Å²) in [7, 11) is 1.61. The van der Waals surface area contributed by atoms with Gasteiger partial charge in [0.15, 0.2) is 5.78 Å². The van der Waals surface area contributed by atoms with E-state index in [2.05, 4.69) is 13.8 Å². The van der Waals surface area contributed by atoms with Crippen LogP contribution in [0.5, 0.6) is 0 Å². The van der Waals surface area contributed by atoms with Gasteiger partial charge in [-0.05, 0) is 32.6 Å². The number of hydrogen-bond donors (Lipinski definition) is 0. The van der Waals surface area contributed by atoms with Gasteiger partial charge in [0, 0.05) is 7.11 Å². The topological polar surface area (TPSA) is 26.3 Å². The summed E-state index contributed by atoms with van der Waals surface area (Å²) in [4.78, 5) is 11.2. The molecule has 0 rings (SSSR count). The molecule has 0 aliphatic heterocycles. The third-order valence-corrected chi connectivity index (χ3v) is 2.63. The number of ether oxygens (including phenoxy) is 1. The maximum Gasteiger partial charge on any atom is 0.161 e. The molecular weight excluding hydrogens is 164 g/mol. The quantitative estimate of drug-likeness (QED) is 0.637. The fourth-order valence-corrected chi connectivity index (χ4v) is 1.27. The molecule has 78 valence electrons.